The minimum Gasteiger partial charge on any atom is -0.347 e. The smallest absolute Gasteiger partial charge is 0.174 e. The van der Waals surface area contributed by atoms with E-state index in [9.17, 15) is 0 Å². The third-order valence-corrected chi connectivity index (χ3v) is 3.41. The summed E-state index contributed by atoms with van der Waals surface area (Å²) in [4.78, 5) is 0. The van der Waals surface area contributed by atoms with Crippen LogP contribution in [0, 0.1) is 0 Å². The maximum absolute atomic E-state index is 5.87. The SMILES string of the molecule is CCC(c1ccccc1)C1(CC)OCCO1. The van der Waals surface area contributed by atoms with Gasteiger partial charge in [0.1, 0.15) is 0 Å². The Hall–Kier alpha value is -0.860. The summed E-state index contributed by atoms with van der Waals surface area (Å²) in [6, 6.07) is 10.5. The molecule has 0 radical (unpaired) electrons. The van der Waals surface area contributed by atoms with Crippen molar-refractivity contribution in [2.24, 2.45) is 0 Å². The summed E-state index contributed by atoms with van der Waals surface area (Å²) in [5.41, 5.74) is 1.31. The molecule has 0 aliphatic carbocycles. The molecule has 0 bridgehead atoms. The maximum atomic E-state index is 5.87. The topological polar surface area (TPSA) is 18.5 Å². The molecule has 16 heavy (non-hydrogen) atoms. The van der Waals surface area contributed by atoms with Crippen molar-refractivity contribution in [2.45, 2.75) is 38.4 Å². The molecule has 1 aromatic carbocycles. The Morgan fingerprint density at radius 3 is 2.25 bits per heavy atom. The fraction of sp³-hybridized carbons (Fsp3) is 0.571. The first-order valence-electron chi connectivity index (χ1n) is 6.15. The van der Waals surface area contributed by atoms with Gasteiger partial charge in [-0.2, -0.15) is 0 Å². The van der Waals surface area contributed by atoms with Crippen molar-refractivity contribution in [1.82, 2.24) is 0 Å². The Morgan fingerprint density at radius 1 is 1.12 bits per heavy atom. The molecule has 88 valence electrons. The fourth-order valence-corrected chi connectivity index (χ4v) is 2.61. The van der Waals surface area contributed by atoms with Crippen molar-refractivity contribution in [1.29, 1.82) is 0 Å². The number of hydrogen-bond donors (Lipinski definition) is 0. The van der Waals surface area contributed by atoms with Crippen LogP contribution >= 0.6 is 0 Å². The molecule has 1 atom stereocenters. The predicted octanol–water partition coefficient (Wildman–Crippen LogP) is 3.33. The Balaban J connectivity index is 2.28. The van der Waals surface area contributed by atoms with Crippen LogP contribution in [0.15, 0.2) is 30.3 Å². The van der Waals surface area contributed by atoms with E-state index in [1.54, 1.807) is 0 Å². The molecule has 1 heterocycles. The lowest BCUT2D eigenvalue weighted by Gasteiger charge is -2.34. The van der Waals surface area contributed by atoms with E-state index in [1.165, 1.54) is 5.56 Å². The molecule has 1 aliphatic rings. The first kappa shape index (κ1) is 11.6. The van der Waals surface area contributed by atoms with E-state index in [2.05, 4.69) is 38.1 Å². The Bertz CT molecular complexity index is 315. The number of ether oxygens (including phenoxy) is 2. The molecule has 2 nitrogen and oxygen atoms in total. The van der Waals surface area contributed by atoms with Gasteiger partial charge in [-0.25, -0.2) is 0 Å². The van der Waals surface area contributed by atoms with E-state index in [4.69, 9.17) is 9.47 Å². The van der Waals surface area contributed by atoms with Crippen molar-refractivity contribution >= 4 is 0 Å². The third kappa shape index (κ3) is 2.00. The quantitative estimate of drug-likeness (QED) is 0.775. The zero-order valence-corrected chi connectivity index (χ0v) is 10.1. The van der Waals surface area contributed by atoms with Crippen LogP contribution in [0.3, 0.4) is 0 Å². The van der Waals surface area contributed by atoms with Crippen LogP contribution in [0.25, 0.3) is 0 Å². The molecule has 0 amide bonds. The van der Waals surface area contributed by atoms with Gasteiger partial charge in [-0.3, -0.25) is 0 Å². The van der Waals surface area contributed by atoms with E-state index >= 15 is 0 Å². The van der Waals surface area contributed by atoms with Crippen LogP contribution in [0.1, 0.15) is 38.2 Å². The molecular weight excluding hydrogens is 200 g/mol. The molecule has 1 saturated heterocycles. The van der Waals surface area contributed by atoms with Crippen LogP contribution in [0.5, 0.6) is 0 Å². The lowest BCUT2D eigenvalue weighted by molar-refractivity contribution is -0.177. The van der Waals surface area contributed by atoms with Gasteiger partial charge in [0.25, 0.3) is 0 Å². The summed E-state index contributed by atoms with van der Waals surface area (Å²) in [5, 5.41) is 0. The van der Waals surface area contributed by atoms with E-state index < -0.39 is 5.79 Å². The highest BCUT2D eigenvalue weighted by Gasteiger charge is 2.42. The Labute approximate surface area is 97.6 Å². The van der Waals surface area contributed by atoms with Crippen LogP contribution in [-0.4, -0.2) is 19.0 Å². The molecule has 1 aliphatic heterocycles. The predicted molar refractivity (Wildman–Crippen MR) is 64.4 cm³/mol. The molecule has 1 aromatic rings. The second kappa shape index (κ2) is 4.98. The van der Waals surface area contributed by atoms with Gasteiger partial charge in [-0.1, -0.05) is 44.2 Å². The van der Waals surface area contributed by atoms with Gasteiger partial charge in [0.05, 0.1) is 13.2 Å². The molecule has 1 fully saturated rings. The standard InChI is InChI=1S/C14H20O2/c1-3-13(12-8-6-5-7-9-12)14(4-2)15-10-11-16-14/h5-9,13H,3-4,10-11H2,1-2H3. The summed E-state index contributed by atoms with van der Waals surface area (Å²) in [5.74, 6) is -0.0583. The Kier molecular flexibility index (Phi) is 3.62. The van der Waals surface area contributed by atoms with Gasteiger partial charge in [0, 0.05) is 5.92 Å². The summed E-state index contributed by atoms with van der Waals surface area (Å²) in [6.07, 6.45) is 1.94. The monoisotopic (exact) mass is 220 g/mol. The first-order chi connectivity index (χ1) is 7.82. The summed E-state index contributed by atoms with van der Waals surface area (Å²) in [6.45, 7) is 5.77. The van der Waals surface area contributed by atoms with E-state index in [-0.39, 0.29) is 0 Å². The van der Waals surface area contributed by atoms with Gasteiger partial charge < -0.3 is 9.47 Å². The average molecular weight is 220 g/mol. The molecule has 0 spiro atoms. The fourth-order valence-electron chi connectivity index (χ4n) is 2.61. The molecule has 0 aromatic heterocycles. The zero-order valence-electron chi connectivity index (χ0n) is 10.1. The van der Waals surface area contributed by atoms with Gasteiger partial charge in [0.15, 0.2) is 5.79 Å². The van der Waals surface area contributed by atoms with E-state index in [0.717, 1.165) is 26.1 Å². The Morgan fingerprint density at radius 2 is 1.75 bits per heavy atom. The lowest BCUT2D eigenvalue weighted by atomic mass is 9.86. The second-order valence-corrected chi connectivity index (χ2v) is 4.23. The third-order valence-electron chi connectivity index (χ3n) is 3.41. The normalized spacial score (nSPS) is 20.9. The molecule has 1 unspecified atom stereocenters. The van der Waals surface area contributed by atoms with Gasteiger partial charge in [-0.15, -0.1) is 0 Å². The summed E-state index contributed by atoms with van der Waals surface area (Å²) in [7, 11) is 0. The van der Waals surface area contributed by atoms with E-state index in [1.807, 2.05) is 6.07 Å². The molecule has 0 saturated carbocycles. The van der Waals surface area contributed by atoms with Crippen LogP contribution in [0.2, 0.25) is 0 Å². The minimum atomic E-state index is -0.393. The van der Waals surface area contributed by atoms with Gasteiger partial charge in [0.2, 0.25) is 0 Å². The number of hydrogen-bond acceptors (Lipinski definition) is 2. The highest BCUT2D eigenvalue weighted by atomic mass is 16.7. The highest BCUT2D eigenvalue weighted by molar-refractivity contribution is 5.22. The second-order valence-electron chi connectivity index (χ2n) is 4.23. The average Bonchev–Trinajstić information content (AvgIpc) is 2.81. The van der Waals surface area contributed by atoms with Crippen molar-refractivity contribution in [2.75, 3.05) is 13.2 Å². The van der Waals surface area contributed by atoms with E-state index in [0.29, 0.717) is 5.92 Å². The first-order valence-corrected chi connectivity index (χ1v) is 6.15. The maximum Gasteiger partial charge on any atom is 0.174 e. The highest BCUT2D eigenvalue weighted by Crippen LogP contribution is 2.40. The number of rotatable bonds is 4. The van der Waals surface area contributed by atoms with Gasteiger partial charge >= 0.3 is 0 Å². The summed E-state index contributed by atoms with van der Waals surface area (Å²) < 4.78 is 11.7. The van der Waals surface area contributed by atoms with Crippen molar-refractivity contribution in [3.05, 3.63) is 35.9 Å². The van der Waals surface area contributed by atoms with Crippen molar-refractivity contribution in [3.8, 4) is 0 Å². The van der Waals surface area contributed by atoms with Gasteiger partial charge in [-0.05, 0) is 18.4 Å². The number of benzene rings is 1. The van der Waals surface area contributed by atoms with Crippen molar-refractivity contribution < 1.29 is 9.47 Å². The molecule has 2 heteroatoms. The molecular formula is C14H20O2. The van der Waals surface area contributed by atoms with Crippen LogP contribution < -0.4 is 0 Å². The summed E-state index contributed by atoms with van der Waals surface area (Å²) >= 11 is 0. The van der Waals surface area contributed by atoms with Crippen molar-refractivity contribution in [3.63, 3.8) is 0 Å². The molecule has 0 N–H and O–H groups in total. The lowest BCUT2D eigenvalue weighted by Crippen LogP contribution is -2.36. The zero-order chi connectivity index (χ0) is 11.4. The van der Waals surface area contributed by atoms with Crippen LogP contribution in [-0.2, 0) is 9.47 Å². The van der Waals surface area contributed by atoms with Crippen LogP contribution in [0.4, 0.5) is 0 Å². The molecule has 2 rings (SSSR count). The largest absolute Gasteiger partial charge is 0.347 e. The minimum absolute atomic E-state index is 0.334.